The maximum Gasteiger partial charge on any atom is 0.311 e. The Balaban J connectivity index is 2.00. The standard InChI is InChI=1S/C12H17N3O4/c1-2-3-19-11-5-13-4-10(15-11)14-9-7-18-6-8(9)12(16)17/h4-5,8-9H,2-3,6-7H2,1H3,(H,14,15)(H,16,17). The molecule has 0 spiro atoms. The molecule has 0 aromatic carbocycles. The third-order valence-corrected chi connectivity index (χ3v) is 2.80. The lowest BCUT2D eigenvalue weighted by atomic mass is 10.0. The molecule has 2 N–H and O–H groups in total. The molecule has 2 heterocycles. The second-order valence-electron chi connectivity index (χ2n) is 4.32. The first-order chi connectivity index (χ1) is 9.20. The van der Waals surface area contributed by atoms with Gasteiger partial charge < -0.3 is 19.9 Å². The molecule has 1 aromatic rings. The van der Waals surface area contributed by atoms with Gasteiger partial charge in [-0.15, -0.1) is 0 Å². The lowest BCUT2D eigenvalue weighted by Crippen LogP contribution is -2.33. The third kappa shape index (κ3) is 3.54. The SMILES string of the molecule is CCCOc1cncc(NC2COCC2C(=O)O)n1. The van der Waals surface area contributed by atoms with Crippen molar-refractivity contribution >= 4 is 11.8 Å². The Morgan fingerprint density at radius 1 is 1.58 bits per heavy atom. The lowest BCUT2D eigenvalue weighted by molar-refractivity contribution is -0.141. The van der Waals surface area contributed by atoms with Gasteiger partial charge in [0.15, 0.2) is 0 Å². The van der Waals surface area contributed by atoms with Crippen molar-refractivity contribution in [3.05, 3.63) is 12.4 Å². The number of ether oxygens (including phenoxy) is 2. The molecule has 1 fully saturated rings. The Labute approximate surface area is 111 Å². The fourth-order valence-corrected chi connectivity index (χ4v) is 1.82. The molecule has 1 aliphatic rings. The number of carboxylic acids is 1. The number of carboxylic acid groups (broad SMARTS) is 1. The number of nitrogens with zero attached hydrogens (tertiary/aromatic N) is 2. The number of rotatable bonds is 6. The fraction of sp³-hybridized carbons (Fsp3) is 0.583. The minimum atomic E-state index is -0.874. The molecule has 7 nitrogen and oxygen atoms in total. The Bertz CT molecular complexity index is 441. The van der Waals surface area contributed by atoms with E-state index in [1.54, 1.807) is 0 Å². The summed E-state index contributed by atoms with van der Waals surface area (Å²) in [6.07, 6.45) is 3.95. The van der Waals surface area contributed by atoms with Gasteiger partial charge in [0.05, 0.1) is 38.3 Å². The van der Waals surface area contributed by atoms with E-state index < -0.39 is 11.9 Å². The van der Waals surface area contributed by atoms with Gasteiger partial charge >= 0.3 is 5.97 Å². The predicted molar refractivity (Wildman–Crippen MR) is 67.2 cm³/mol. The van der Waals surface area contributed by atoms with E-state index in [2.05, 4.69) is 15.3 Å². The molecule has 0 amide bonds. The molecule has 0 radical (unpaired) electrons. The van der Waals surface area contributed by atoms with Crippen molar-refractivity contribution in [3.63, 3.8) is 0 Å². The summed E-state index contributed by atoms with van der Waals surface area (Å²) in [5, 5.41) is 12.1. The van der Waals surface area contributed by atoms with Gasteiger partial charge in [0, 0.05) is 0 Å². The summed E-state index contributed by atoms with van der Waals surface area (Å²) in [5.74, 6) is -0.517. The van der Waals surface area contributed by atoms with Crippen LogP contribution in [0.4, 0.5) is 5.82 Å². The summed E-state index contributed by atoms with van der Waals surface area (Å²) in [4.78, 5) is 19.3. The van der Waals surface area contributed by atoms with Crippen LogP contribution in [0.5, 0.6) is 5.88 Å². The van der Waals surface area contributed by atoms with Crippen LogP contribution in [0.15, 0.2) is 12.4 Å². The fourth-order valence-electron chi connectivity index (χ4n) is 1.82. The van der Waals surface area contributed by atoms with Crippen LogP contribution in [0, 0.1) is 5.92 Å². The van der Waals surface area contributed by atoms with Crippen LogP contribution < -0.4 is 10.1 Å². The molecule has 2 unspecified atom stereocenters. The van der Waals surface area contributed by atoms with Crippen LogP contribution in [-0.4, -0.2) is 46.9 Å². The zero-order chi connectivity index (χ0) is 13.7. The number of hydrogen-bond acceptors (Lipinski definition) is 6. The van der Waals surface area contributed by atoms with Crippen molar-refractivity contribution in [2.75, 3.05) is 25.1 Å². The van der Waals surface area contributed by atoms with E-state index in [4.69, 9.17) is 14.6 Å². The quantitative estimate of drug-likeness (QED) is 0.786. The lowest BCUT2D eigenvalue weighted by Gasteiger charge is -2.16. The topological polar surface area (TPSA) is 93.6 Å². The summed E-state index contributed by atoms with van der Waals surface area (Å²) >= 11 is 0. The van der Waals surface area contributed by atoms with E-state index in [0.29, 0.717) is 24.9 Å². The summed E-state index contributed by atoms with van der Waals surface area (Å²) in [5.41, 5.74) is 0. The minimum Gasteiger partial charge on any atom is -0.481 e. The molecule has 19 heavy (non-hydrogen) atoms. The zero-order valence-corrected chi connectivity index (χ0v) is 10.7. The first kappa shape index (κ1) is 13.5. The maximum atomic E-state index is 11.0. The Morgan fingerprint density at radius 2 is 2.42 bits per heavy atom. The van der Waals surface area contributed by atoms with Gasteiger partial charge in [0.25, 0.3) is 0 Å². The van der Waals surface area contributed by atoms with E-state index in [9.17, 15) is 4.79 Å². The van der Waals surface area contributed by atoms with Crippen molar-refractivity contribution < 1.29 is 19.4 Å². The van der Waals surface area contributed by atoms with Gasteiger partial charge in [0.2, 0.25) is 5.88 Å². The Morgan fingerprint density at radius 3 is 3.16 bits per heavy atom. The van der Waals surface area contributed by atoms with Gasteiger partial charge in [-0.1, -0.05) is 6.92 Å². The van der Waals surface area contributed by atoms with Gasteiger partial charge in [-0.25, -0.2) is 0 Å². The number of carbonyl (C=O) groups is 1. The van der Waals surface area contributed by atoms with E-state index in [-0.39, 0.29) is 12.6 Å². The highest BCUT2D eigenvalue weighted by atomic mass is 16.5. The van der Waals surface area contributed by atoms with Crippen molar-refractivity contribution in [3.8, 4) is 5.88 Å². The average molecular weight is 267 g/mol. The maximum absolute atomic E-state index is 11.0. The van der Waals surface area contributed by atoms with Crippen LogP contribution in [0.1, 0.15) is 13.3 Å². The van der Waals surface area contributed by atoms with Gasteiger partial charge in [0.1, 0.15) is 11.7 Å². The van der Waals surface area contributed by atoms with Crippen LogP contribution in [0.25, 0.3) is 0 Å². The number of aromatic nitrogens is 2. The minimum absolute atomic E-state index is 0.215. The molecule has 1 aliphatic heterocycles. The monoisotopic (exact) mass is 267 g/mol. The molecule has 0 bridgehead atoms. The number of aliphatic carboxylic acids is 1. The number of nitrogens with one attached hydrogen (secondary N) is 1. The number of hydrogen-bond donors (Lipinski definition) is 2. The second-order valence-corrected chi connectivity index (χ2v) is 4.32. The first-order valence-electron chi connectivity index (χ1n) is 6.22. The van der Waals surface area contributed by atoms with Crippen molar-refractivity contribution in [2.45, 2.75) is 19.4 Å². The normalized spacial score (nSPS) is 22.2. The molecule has 0 saturated carbocycles. The van der Waals surface area contributed by atoms with Crippen LogP contribution in [-0.2, 0) is 9.53 Å². The largest absolute Gasteiger partial charge is 0.481 e. The first-order valence-corrected chi connectivity index (χ1v) is 6.22. The van der Waals surface area contributed by atoms with Crippen molar-refractivity contribution in [1.82, 2.24) is 9.97 Å². The molecule has 7 heteroatoms. The van der Waals surface area contributed by atoms with Crippen molar-refractivity contribution in [2.24, 2.45) is 5.92 Å². The second kappa shape index (κ2) is 6.33. The Hall–Kier alpha value is -1.89. The molecular formula is C12H17N3O4. The third-order valence-electron chi connectivity index (χ3n) is 2.80. The van der Waals surface area contributed by atoms with E-state index in [1.807, 2.05) is 6.92 Å². The van der Waals surface area contributed by atoms with E-state index >= 15 is 0 Å². The highest BCUT2D eigenvalue weighted by Crippen LogP contribution is 2.19. The predicted octanol–water partition coefficient (Wildman–Crippen LogP) is 0.777. The van der Waals surface area contributed by atoms with E-state index in [1.165, 1.54) is 12.4 Å². The van der Waals surface area contributed by atoms with E-state index in [0.717, 1.165) is 6.42 Å². The van der Waals surface area contributed by atoms with Crippen molar-refractivity contribution in [1.29, 1.82) is 0 Å². The molecule has 104 valence electrons. The molecule has 2 rings (SSSR count). The highest BCUT2D eigenvalue weighted by molar-refractivity contribution is 5.72. The summed E-state index contributed by atoms with van der Waals surface area (Å²) in [6.45, 7) is 3.14. The number of anilines is 1. The smallest absolute Gasteiger partial charge is 0.311 e. The average Bonchev–Trinajstić information content (AvgIpc) is 2.85. The zero-order valence-electron chi connectivity index (χ0n) is 10.7. The molecule has 1 saturated heterocycles. The summed E-state index contributed by atoms with van der Waals surface area (Å²) in [7, 11) is 0. The van der Waals surface area contributed by atoms with Gasteiger partial charge in [-0.2, -0.15) is 4.98 Å². The summed E-state index contributed by atoms with van der Waals surface area (Å²) in [6, 6.07) is -0.298. The molecule has 2 atom stereocenters. The van der Waals surface area contributed by atoms with Gasteiger partial charge in [-0.3, -0.25) is 9.78 Å². The summed E-state index contributed by atoms with van der Waals surface area (Å²) < 4.78 is 10.5. The van der Waals surface area contributed by atoms with Crippen LogP contribution in [0.2, 0.25) is 0 Å². The van der Waals surface area contributed by atoms with Crippen LogP contribution >= 0.6 is 0 Å². The highest BCUT2D eigenvalue weighted by Gasteiger charge is 2.34. The molecular weight excluding hydrogens is 250 g/mol. The van der Waals surface area contributed by atoms with Gasteiger partial charge in [-0.05, 0) is 6.42 Å². The molecule has 0 aliphatic carbocycles. The molecule has 1 aromatic heterocycles. The Kier molecular flexibility index (Phi) is 4.51. The van der Waals surface area contributed by atoms with Crippen LogP contribution in [0.3, 0.4) is 0 Å².